The van der Waals surface area contributed by atoms with Crippen molar-refractivity contribution in [2.75, 3.05) is 0 Å². The lowest BCUT2D eigenvalue weighted by molar-refractivity contribution is 1.07. The lowest BCUT2D eigenvalue weighted by Gasteiger charge is -2.02. The third-order valence-electron chi connectivity index (χ3n) is 1.63. The maximum absolute atomic E-state index is 8.69. The smallest absolute Gasteiger partial charge is 0.0994 e. The monoisotopic (exact) mass is 163 g/mol. The summed E-state index contributed by atoms with van der Waals surface area (Å²) >= 11 is 4.25. The Bertz CT molecular complexity index is 299. The van der Waals surface area contributed by atoms with Crippen LogP contribution in [0.1, 0.15) is 18.1 Å². The number of nitrogens with zero attached hydrogens (tertiary/aromatic N) is 1. The molecule has 0 aliphatic rings. The van der Waals surface area contributed by atoms with Crippen LogP contribution in [0.5, 0.6) is 0 Å². The van der Waals surface area contributed by atoms with Crippen LogP contribution in [0.2, 0.25) is 0 Å². The number of hydrogen-bond donors (Lipinski definition) is 1. The number of nitriles is 1. The molecule has 0 N–H and O–H groups in total. The molecule has 2 heteroatoms. The number of benzene rings is 1. The van der Waals surface area contributed by atoms with Crippen molar-refractivity contribution in [1.29, 1.82) is 5.26 Å². The van der Waals surface area contributed by atoms with E-state index in [0.717, 1.165) is 22.4 Å². The predicted molar refractivity (Wildman–Crippen MR) is 47.8 cm³/mol. The van der Waals surface area contributed by atoms with Crippen LogP contribution in [-0.2, 0) is 6.42 Å². The van der Waals surface area contributed by atoms with Gasteiger partial charge in [0.1, 0.15) is 0 Å². The van der Waals surface area contributed by atoms with Gasteiger partial charge < -0.3 is 0 Å². The summed E-state index contributed by atoms with van der Waals surface area (Å²) in [6, 6.07) is 7.71. The lowest BCUT2D eigenvalue weighted by Crippen LogP contribution is -1.88. The number of hydrogen-bond acceptors (Lipinski definition) is 2. The molecule has 0 fully saturated rings. The summed E-state index contributed by atoms with van der Waals surface area (Å²) in [6.45, 7) is 2.02. The van der Waals surface area contributed by atoms with Gasteiger partial charge in [-0.05, 0) is 24.1 Å². The fourth-order valence-corrected chi connectivity index (χ4v) is 1.42. The maximum Gasteiger partial charge on any atom is 0.0994 e. The third-order valence-corrected chi connectivity index (χ3v) is 2.04. The SMILES string of the molecule is CCc1c(S)cccc1C#N. The fraction of sp³-hybridized carbons (Fsp3) is 0.222. The summed E-state index contributed by atoms with van der Waals surface area (Å²) in [5.74, 6) is 0. The minimum atomic E-state index is 0.736. The van der Waals surface area contributed by atoms with Gasteiger partial charge in [-0.25, -0.2) is 0 Å². The summed E-state index contributed by atoms with van der Waals surface area (Å²) in [6.07, 6.45) is 0.864. The standard InChI is InChI=1S/C9H9NS/c1-2-8-7(6-10)4-3-5-9(8)11/h3-5,11H,2H2,1H3. The van der Waals surface area contributed by atoms with Crippen LogP contribution in [0.15, 0.2) is 23.1 Å². The van der Waals surface area contributed by atoms with Crippen LogP contribution in [0, 0.1) is 11.3 Å². The highest BCUT2D eigenvalue weighted by molar-refractivity contribution is 7.80. The predicted octanol–water partition coefficient (Wildman–Crippen LogP) is 2.41. The average molecular weight is 163 g/mol. The summed E-state index contributed by atoms with van der Waals surface area (Å²) in [5, 5.41) is 8.69. The highest BCUT2D eigenvalue weighted by Crippen LogP contribution is 2.17. The minimum Gasteiger partial charge on any atom is -0.192 e. The highest BCUT2D eigenvalue weighted by atomic mass is 32.1. The minimum absolute atomic E-state index is 0.736. The van der Waals surface area contributed by atoms with E-state index in [1.165, 1.54) is 0 Å². The summed E-state index contributed by atoms with van der Waals surface area (Å²) in [5.41, 5.74) is 1.78. The molecule has 1 aromatic carbocycles. The van der Waals surface area contributed by atoms with Gasteiger partial charge in [0.05, 0.1) is 11.6 Å². The van der Waals surface area contributed by atoms with Crippen LogP contribution in [0.25, 0.3) is 0 Å². The molecule has 0 aromatic heterocycles. The number of thiol groups is 1. The molecule has 0 amide bonds. The molecule has 0 heterocycles. The second-order valence-electron chi connectivity index (χ2n) is 2.27. The van der Waals surface area contributed by atoms with Gasteiger partial charge in [0.15, 0.2) is 0 Å². The zero-order valence-electron chi connectivity index (χ0n) is 6.33. The fourth-order valence-electron chi connectivity index (χ4n) is 1.05. The molecule has 0 spiro atoms. The van der Waals surface area contributed by atoms with E-state index in [4.69, 9.17) is 5.26 Å². The Morgan fingerprint density at radius 3 is 2.73 bits per heavy atom. The van der Waals surface area contributed by atoms with Crippen LogP contribution >= 0.6 is 12.6 Å². The van der Waals surface area contributed by atoms with Crippen molar-refractivity contribution >= 4 is 12.6 Å². The van der Waals surface area contributed by atoms with Crippen LogP contribution < -0.4 is 0 Å². The Hall–Kier alpha value is -0.940. The molecule has 1 rings (SSSR count). The molecule has 1 nitrogen and oxygen atoms in total. The van der Waals surface area contributed by atoms with Gasteiger partial charge in [0.2, 0.25) is 0 Å². The van der Waals surface area contributed by atoms with Crippen molar-refractivity contribution in [2.45, 2.75) is 18.2 Å². The molecule has 0 saturated carbocycles. The first-order valence-electron chi connectivity index (χ1n) is 3.50. The van der Waals surface area contributed by atoms with Crippen molar-refractivity contribution in [3.63, 3.8) is 0 Å². The maximum atomic E-state index is 8.69. The number of rotatable bonds is 1. The van der Waals surface area contributed by atoms with Crippen molar-refractivity contribution in [1.82, 2.24) is 0 Å². The first kappa shape index (κ1) is 8.16. The molecular weight excluding hydrogens is 154 g/mol. The molecule has 11 heavy (non-hydrogen) atoms. The summed E-state index contributed by atoms with van der Waals surface area (Å²) < 4.78 is 0. The molecule has 56 valence electrons. The zero-order chi connectivity index (χ0) is 8.27. The van der Waals surface area contributed by atoms with Gasteiger partial charge in [-0.15, -0.1) is 12.6 Å². The van der Waals surface area contributed by atoms with E-state index < -0.39 is 0 Å². The quantitative estimate of drug-likeness (QED) is 0.631. The van der Waals surface area contributed by atoms with E-state index in [0.29, 0.717) is 0 Å². The lowest BCUT2D eigenvalue weighted by atomic mass is 10.1. The van der Waals surface area contributed by atoms with E-state index >= 15 is 0 Å². The van der Waals surface area contributed by atoms with E-state index in [1.807, 2.05) is 25.1 Å². The molecule has 1 aromatic rings. The second-order valence-corrected chi connectivity index (χ2v) is 2.75. The Morgan fingerprint density at radius 1 is 1.55 bits per heavy atom. The first-order valence-corrected chi connectivity index (χ1v) is 3.95. The molecule has 0 radical (unpaired) electrons. The van der Waals surface area contributed by atoms with Crippen molar-refractivity contribution < 1.29 is 0 Å². The van der Waals surface area contributed by atoms with Gasteiger partial charge >= 0.3 is 0 Å². The van der Waals surface area contributed by atoms with Gasteiger partial charge in [0, 0.05) is 4.90 Å². The van der Waals surface area contributed by atoms with Gasteiger partial charge in [-0.2, -0.15) is 5.26 Å². The van der Waals surface area contributed by atoms with E-state index in [-0.39, 0.29) is 0 Å². The summed E-state index contributed by atoms with van der Waals surface area (Å²) in [7, 11) is 0. The third kappa shape index (κ3) is 1.55. The highest BCUT2D eigenvalue weighted by Gasteiger charge is 2.01. The van der Waals surface area contributed by atoms with Crippen LogP contribution in [0.3, 0.4) is 0 Å². The molecule has 0 unspecified atom stereocenters. The average Bonchev–Trinajstić information content (AvgIpc) is 2.04. The second kappa shape index (κ2) is 3.45. The largest absolute Gasteiger partial charge is 0.192 e. The molecule has 0 saturated heterocycles. The first-order chi connectivity index (χ1) is 5.29. The molecule has 0 aliphatic carbocycles. The Balaban J connectivity index is 3.27. The molecule has 0 aliphatic heterocycles. The van der Waals surface area contributed by atoms with Crippen molar-refractivity contribution in [3.8, 4) is 6.07 Å². The Kier molecular flexibility index (Phi) is 2.56. The molecule has 0 bridgehead atoms. The zero-order valence-corrected chi connectivity index (χ0v) is 7.23. The van der Waals surface area contributed by atoms with Gasteiger partial charge in [0.25, 0.3) is 0 Å². The summed E-state index contributed by atoms with van der Waals surface area (Å²) in [4.78, 5) is 0.909. The molecular formula is C9H9NS. The normalized spacial score (nSPS) is 9.18. The van der Waals surface area contributed by atoms with E-state index in [1.54, 1.807) is 0 Å². The van der Waals surface area contributed by atoms with E-state index in [9.17, 15) is 0 Å². The van der Waals surface area contributed by atoms with Crippen LogP contribution in [0.4, 0.5) is 0 Å². The van der Waals surface area contributed by atoms with Crippen LogP contribution in [-0.4, -0.2) is 0 Å². The van der Waals surface area contributed by atoms with Crippen molar-refractivity contribution in [2.24, 2.45) is 0 Å². The van der Waals surface area contributed by atoms with Crippen molar-refractivity contribution in [3.05, 3.63) is 29.3 Å². The van der Waals surface area contributed by atoms with E-state index in [2.05, 4.69) is 18.7 Å². The van der Waals surface area contributed by atoms with Gasteiger partial charge in [-0.3, -0.25) is 0 Å². The topological polar surface area (TPSA) is 23.8 Å². The van der Waals surface area contributed by atoms with Gasteiger partial charge in [-0.1, -0.05) is 13.0 Å². The Labute approximate surface area is 72.1 Å². The Morgan fingerprint density at radius 2 is 2.27 bits per heavy atom. The molecule has 0 atom stereocenters.